The molecule has 0 amide bonds. The van der Waals surface area contributed by atoms with Crippen molar-refractivity contribution in [1.29, 1.82) is 0 Å². The van der Waals surface area contributed by atoms with Crippen molar-refractivity contribution in [1.82, 2.24) is 5.16 Å². The molecular weight excluding hydrogens is 300 g/mol. The minimum Gasteiger partial charge on any atom is -0.338 e. The molecule has 0 aliphatic rings. The maximum Gasteiger partial charge on any atom is 0.366 e. The van der Waals surface area contributed by atoms with E-state index in [1.54, 1.807) is 6.21 Å². The number of aromatic nitrogens is 1. The topological polar surface area (TPSA) is 58.4 Å². The van der Waals surface area contributed by atoms with Crippen LogP contribution >= 0.6 is 0 Å². The van der Waals surface area contributed by atoms with Crippen molar-refractivity contribution in [2.75, 3.05) is 0 Å². The Morgan fingerprint density at radius 3 is 2.46 bits per heavy atom. The largest absolute Gasteiger partial charge is 0.366 e. The molecule has 0 radical (unpaired) electrons. The molecule has 0 bridgehead atoms. The van der Waals surface area contributed by atoms with Crippen molar-refractivity contribution in [2.45, 2.75) is 0 Å². The summed E-state index contributed by atoms with van der Waals surface area (Å²) in [5, 5.41) is 4.94. The summed E-state index contributed by atoms with van der Waals surface area (Å²) in [5.74, 6) is 0. The van der Waals surface area contributed by atoms with Crippen molar-refractivity contribution < 1.29 is 4.52 Å². The molecule has 0 saturated heterocycles. The van der Waals surface area contributed by atoms with Gasteiger partial charge in [0.2, 0.25) is 0 Å². The number of nitrogens with one attached hydrogen (secondary N) is 1. The summed E-state index contributed by atoms with van der Waals surface area (Å²) in [7, 11) is 0. The fraction of sp³-hybridized carbons (Fsp3) is 0. The SMILES string of the molecule is O=c1o[nH]c(-c2ccccc2)c1C=Nc1ccc2ccccc2c1. The van der Waals surface area contributed by atoms with Crippen molar-refractivity contribution in [3.8, 4) is 11.3 Å². The third kappa shape index (κ3) is 2.65. The molecule has 4 aromatic rings. The number of nitrogens with zero attached hydrogens (tertiary/aromatic N) is 1. The van der Waals surface area contributed by atoms with Crippen LogP contribution in [0.4, 0.5) is 5.69 Å². The van der Waals surface area contributed by atoms with E-state index < -0.39 is 5.63 Å². The van der Waals surface area contributed by atoms with Gasteiger partial charge in [-0.3, -0.25) is 4.99 Å². The van der Waals surface area contributed by atoms with Crippen LogP contribution in [0.3, 0.4) is 0 Å². The van der Waals surface area contributed by atoms with Gasteiger partial charge in [-0.1, -0.05) is 60.7 Å². The summed E-state index contributed by atoms with van der Waals surface area (Å²) < 4.78 is 4.94. The van der Waals surface area contributed by atoms with Crippen molar-refractivity contribution in [3.05, 3.63) is 88.8 Å². The van der Waals surface area contributed by atoms with Gasteiger partial charge in [-0.15, -0.1) is 0 Å². The fourth-order valence-electron chi connectivity index (χ4n) is 2.64. The van der Waals surface area contributed by atoms with Crippen molar-refractivity contribution >= 4 is 22.7 Å². The minimum absolute atomic E-state index is 0.411. The van der Waals surface area contributed by atoms with Gasteiger partial charge in [0.1, 0.15) is 5.56 Å². The smallest absolute Gasteiger partial charge is 0.338 e. The van der Waals surface area contributed by atoms with Gasteiger partial charge in [0.05, 0.1) is 11.4 Å². The average Bonchev–Trinajstić information content (AvgIpc) is 3.01. The number of benzene rings is 3. The zero-order chi connectivity index (χ0) is 16.4. The molecule has 4 nitrogen and oxygen atoms in total. The number of hydrogen-bond donors (Lipinski definition) is 1. The van der Waals surface area contributed by atoms with Gasteiger partial charge in [0.15, 0.2) is 0 Å². The predicted octanol–water partition coefficient (Wildman–Crippen LogP) is 4.54. The van der Waals surface area contributed by atoms with E-state index in [2.05, 4.69) is 16.2 Å². The predicted molar refractivity (Wildman–Crippen MR) is 96.0 cm³/mol. The zero-order valence-electron chi connectivity index (χ0n) is 12.8. The van der Waals surface area contributed by atoms with E-state index in [1.807, 2.05) is 66.7 Å². The zero-order valence-corrected chi connectivity index (χ0v) is 12.8. The maximum atomic E-state index is 12.0. The highest BCUT2D eigenvalue weighted by Crippen LogP contribution is 2.22. The van der Waals surface area contributed by atoms with Crippen LogP contribution < -0.4 is 5.63 Å². The number of hydrogen-bond acceptors (Lipinski definition) is 3. The number of H-pyrrole nitrogens is 1. The Hall–Kier alpha value is -3.40. The van der Waals surface area contributed by atoms with E-state index in [4.69, 9.17) is 4.52 Å². The third-order valence-electron chi connectivity index (χ3n) is 3.87. The summed E-state index contributed by atoms with van der Waals surface area (Å²) in [5.41, 5.74) is 2.27. The first-order valence-corrected chi connectivity index (χ1v) is 7.61. The molecule has 24 heavy (non-hydrogen) atoms. The first-order chi connectivity index (χ1) is 11.8. The standard InChI is InChI=1S/C20H14N2O2/c23-20-18(19(22-24-20)15-7-2-1-3-8-15)13-21-17-11-10-14-6-4-5-9-16(14)12-17/h1-13,22H. The monoisotopic (exact) mass is 314 g/mol. The molecule has 0 spiro atoms. The molecule has 1 heterocycles. The van der Waals surface area contributed by atoms with E-state index in [-0.39, 0.29) is 0 Å². The fourth-order valence-corrected chi connectivity index (χ4v) is 2.64. The van der Waals surface area contributed by atoms with Gasteiger partial charge in [-0.2, -0.15) is 0 Å². The number of fused-ring (bicyclic) bond motifs is 1. The van der Waals surface area contributed by atoms with E-state index in [0.29, 0.717) is 11.3 Å². The summed E-state index contributed by atoms with van der Waals surface area (Å²) in [4.78, 5) is 16.4. The normalized spacial score (nSPS) is 11.3. The van der Waals surface area contributed by atoms with Crippen molar-refractivity contribution in [3.63, 3.8) is 0 Å². The second-order valence-electron chi connectivity index (χ2n) is 5.44. The van der Waals surface area contributed by atoms with Gasteiger partial charge in [-0.25, -0.2) is 9.95 Å². The van der Waals surface area contributed by atoms with E-state index >= 15 is 0 Å². The highest BCUT2D eigenvalue weighted by molar-refractivity contribution is 5.91. The second kappa shape index (κ2) is 6.01. The molecule has 116 valence electrons. The van der Waals surface area contributed by atoms with E-state index in [9.17, 15) is 4.79 Å². The molecule has 3 aromatic carbocycles. The number of aromatic amines is 1. The summed E-state index contributed by atoms with van der Waals surface area (Å²) in [6.45, 7) is 0. The highest BCUT2D eigenvalue weighted by atomic mass is 16.5. The van der Waals surface area contributed by atoms with Gasteiger partial charge in [-0.05, 0) is 22.9 Å². The molecule has 4 rings (SSSR count). The first-order valence-electron chi connectivity index (χ1n) is 7.61. The van der Waals surface area contributed by atoms with Gasteiger partial charge in [0.25, 0.3) is 0 Å². The van der Waals surface area contributed by atoms with E-state index in [1.165, 1.54) is 0 Å². The van der Waals surface area contributed by atoms with Crippen LogP contribution in [0, 0.1) is 0 Å². The molecule has 0 atom stereocenters. The molecule has 0 aliphatic carbocycles. The molecule has 0 unspecified atom stereocenters. The number of aliphatic imine (C=N–C) groups is 1. The Bertz CT molecular complexity index is 1080. The van der Waals surface area contributed by atoms with Crippen LogP contribution in [0.15, 0.2) is 87.1 Å². The van der Waals surface area contributed by atoms with Gasteiger partial charge < -0.3 is 4.52 Å². The quantitative estimate of drug-likeness (QED) is 0.564. The Morgan fingerprint density at radius 2 is 1.62 bits per heavy atom. The third-order valence-corrected chi connectivity index (χ3v) is 3.87. The molecule has 1 N–H and O–H groups in total. The Morgan fingerprint density at radius 1 is 0.875 bits per heavy atom. The Labute approximate surface area is 138 Å². The summed E-state index contributed by atoms with van der Waals surface area (Å²) in [6.07, 6.45) is 1.55. The number of rotatable bonds is 3. The summed E-state index contributed by atoms with van der Waals surface area (Å²) >= 11 is 0. The first kappa shape index (κ1) is 14.2. The lowest BCUT2D eigenvalue weighted by Crippen LogP contribution is -2.01. The van der Waals surface area contributed by atoms with Gasteiger partial charge >= 0.3 is 5.63 Å². The van der Waals surface area contributed by atoms with Crippen molar-refractivity contribution in [2.24, 2.45) is 4.99 Å². The highest BCUT2D eigenvalue weighted by Gasteiger charge is 2.11. The molecular formula is C20H14N2O2. The molecule has 0 aliphatic heterocycles. The van der Waals surface area contributed by atoms with Crippen LogP contribution in [0.1, 0.15) is 5.56 Å². The molecule has 0 saturated carbocycles. The summed E-state index contributed by atoms with van der Waals surface area (Å²) in [6, 6.07) is 23.6. The van der Waals surface area contributed by atoms with Crippen LogP contribution in [-0.4, -0.2) is 11.4 Å². The molecule has 1 aromatic heterocycles. The lowest BCUT2D eigenvalue weighted by molar-refractivity contribution is 0.393. The molecule has 0 fully saturated rings. The lowest BCUT2D eigenvalue weighted by Gasteiger charge is -1.99. The van der Waals surface area contributed by atoms with Gasteiger partial charge in [0, 0.05) is 11.8 Å². The minimum atomic E-state index is -0.432. The van der Waals surface area contributed by atoms with Crippen LogP contribution in [-0.2, 0) is 0 Å². The van der Waals surface area contributed by atoms with E-state index in [0.717, 1.165) is 22.0 Å². The van der Waals surface area contributed by atoms with Crippen LogP contribution in [0.5, 0.6) is 0 Å². The second-order valence-corrected chi connectivity index (χ2v) is 5.44. The average molecular weight is 314 g/mol. The maximum absolute atomic E-state index is 12.0. The Balaban J connectivity index is 1.73. The van der Waals surface area contributed by atoms with Crippen LogP contribution in [0.2, 0.25) is 0 Å². The lowest BCUT2D eigenvalue weighted by atomic mass is 10.1. The Kier molecular flexibility index (Phi) is 3.56. The van der Waals surface area contributed by atoms with Crippen LogP contribution in [0.25, 0.3) is 22.0 Å². The molecule has 4 heteroatoms.